The van der Waals surface area contributed by atoms with Crippen LogP contribution in [0.2, 0.25) is 0 Å². The Morgan fingerprint density at radius 2 is 0.958 bits per heavy atom. The molecule has 0 rings (SSSR count). The zero-order valence-corrected chi connectivity index (χ0v) is 10.4. The van der Waals surface area contributed by atoms with Crippen molar-refractivity contribution in [2.45, 2.75) is 35.8 Å². The normalized spacial score (nSPS) is 15.9. The van der Waals surface area contributed by atoms with Gasteiger partial charge in [-0.25, -0.2) is 4.79 Å². The zero-order valence-electron chi connectivity index (χ0n) is 10.4. The van der Waals surface area contributed by atoms with E-state index >= 15 is 0 Å². The Kier molecular flexibility index (Phi) is 5.28. The number of alkyl halides is 13. The molecule has 0 heterocycles. The van der Waals surface area contributed by atoms with Crippen LogP contribution < -0.4 is 0 Å². The van der Waals surface area contributed by atoms with E-state index in [-0.39, 0.29) is 0 Å². The number of allylic oxidation sites excluding steroid dienone is 1. The Balaban J connectivity index is 6.25. The van der Waals surface area contributed by atoms with Gasteiger partial charge in [0.25, 0.3) is 0 Å². The van der Waals surface area contributed by atoms with Crippen molar-refractivity contribution in [2.75, 3.05) is 0 Å². The number of carbonyl (C=O) groups is 1. The zero-order chi connectivity index (χ0) is 20.0. The van der Waals surface area contributed by atoms with Crippen molar-refractivity contribution in [1.29, 1.82) is 0 Å². The summed E-state index contributed by atoms with van der Waals surface area (Å²) < 4.78 is 163. The van der Waals surface area contributed by atoms with Gasteiger partial charge in [0, 0.05) is 6.08 Å². The summed E-state index contributed by atoms with van der Waals surface area (Å²) in [7, 11) is 0. The minimum Gasteiger partial charge on any atom is -0.478 e. The molecule has 0 saturated carbocycles. The van der Waals surface area contributed by atoms with Gasteiger partial charge in [0.2, 0.25) is 0 Å². The Bertz CT molecular complexity index is 516. The fraction of sp³-hybridized carbons (Fsp3) is 0.667. The average molecular weight is 390 g/mol. The average Bonchev–Trinajstić information content (AvgIpc) is 2.34. The maximum absolute atomic E-state index is 12.9. The summed E-state index contributed by atoms with van der Waals surface area (Å²) in [5, 5.41) is 7.87. The molecule has 0 spiro atoms. The monoisotopic (exact) mass is 390 g/mol. The van der Waals surface area contributed by atoms with Gasteiger partial charge in [-0.1, -0.05) is 0 Å². The third kappa shape index (κ3) is 3.11. The minimum absolute atomic E-state index is 0.927. The first-order valence-electron chi connectivity index (χ1n) is 5.05. The fourth-order valence-corrected chi connectivity index (χ4v) is 1.06. The molecule has 0 aliphatic carbocycles. The van der Waals surface area contributed by atoms with Crippen LogP contribution in [0, 0.1) is 0 Å². The smallest absolute Gasteiger partial charge is 0.460 e. The lowest BCUT2D eigenvalue weighted by molar-refractivity contribution is -0.436. The van der Waals surface area contributed by atoms with Crippen molar-refractivity contribution < 1.29 is 67.0 Å². The van der Waals surface area contributed by atoms with Crippen LogP contribution in [0.25, 0.3) is 0 Å². The van der Waals surface area contributed by atoms with Crippen molar-refractivity contribution in [2.24, 2.45) is 0 Å². The van der Waals surface area contributed by atoms with Gasteiger partial charge in [0.05, 0.1) is 0 Å². The number of hydrogen-bond acceptors (Lipinski definition) is 1. The van der Waals surface area contributed by atoms with Crippen LogP contribution in [-0.2, 0) is 4.79 Å². The Labute approximate surface area is 122 Å². The predicted molar refractivity (Wildman–Crippen MR) is 47.6 cm³/mol. The van der Waals surface area contributed by atoms with Crippen molar-refractivity contribution in [1.82, 2.24) is 0 Å². The van der Waals surface area contributed by atoms with E-state index in [1.807, 2.05) is 0 Å². The lowest BCUT2D eigenvalue weighted by atomic mass is 9.94. The Hall–Kier alpha value is -1.70. The fourth-order valence-electron chi connectivity index (χ4n) is 1.06. The largest absolute Gasteiger partial charge is 0.478 e. The summed E-state index contributed by atoms with van der Waals surface area (Å²) in [6.45, 7) is 0. The van der Waals surface area contributed by atoms with Gasteiger partial charge < -0.3 is 5.11 Å². The summed E-state index contributed by atoms with van der Waals surface area (Å²) in [4.78, 5) is 9.84. The van der Waals surface area contributed by atoms with E-state index in [1.54, 1.807) is 0 Å². The minimum atomic E-state index is -8.00. The quantitative estimate of drug-likeness (QED) is 0.541. The molecule has 0 aliphatic heterocycles. The number of rotatable bonds is 6. The number of aliphatic carboxylic acids is 1. The molecule has 24 heavy (non-hydrogen) atoms. The van der Waals surface area contributed by atoms with Gasteiger partial charge in [-0.15, -0.1) is 0 Å². The second kappa shape index (κ2) is 5.68. The highest BCUT2D eigenvalue weighted by atomic mass is 19.4. The van der Waals surface area contributed by atoms with E-state index in [1.165, 1.54) is 0 Å². The third-order valence-electron chi connectivity index (χ3n) is 2.39. The molecule has 0 bridgehead atoms. The molecule has 0 fully saturated rings. The first-order chi connectivity index (χ1) is 10.2. The molecule has 0 aromatic heterocycles. The van der Waals surface area contributed by atoms with Crippen LogP contribution in [0.4, 0.5) is 57.1 Å². The Morgan fingerprint density at radius 3 is 1.25 bits per heavy atom. The maximum Gasteiger partial charge on any atom is 0.460 e. The second-order valence-electron chi connectivity index (χ2n) is 4.09. The van der Waals surface area contributed by atoms with E-state index in [4.69, 9.17) is 5.11 Å². The van der Waals surface area contributed by atoms with Gasteiger partial charge in [-0.2, -0.15) is 57.1 Å². The number of halogens is 13. The molecule has 0 unspecified atom stereocenters. The van der Waals surface area contributed by atoms with Gasteiger partial charge in [-0.05, 0) is 6.08 Å². The van der Waals surface area contributed by atoms with Gasteiger partial charge in [0.1, 0.15) is 0 Å². The molecule has 15 heteroatoms. The molecule has 0 aliphatic rings. The molecule has 1 N–H and O–H groups in total. The lowest BCUT2D eigenvalue weighted by Crippen LogP contribution is -2.69. The highest BCUT2D eigenvalue weighted by Crippen LogP contribution is 2.60. The van der Waals surface area contributed by atoms with Crippen LogP contribution in [0.1, 0.15) is 0 Å². The predicted octanol–water partition coefficient (Wildman–Crippen LogP) is 4.37. The summed E-state index contributed by atoms with van der Waals surface area (Å²) in [6.07, 6.45) is -9.97. The molecular formula is C9H3F13O2. The third-order valence-corrected chi connectivity index (χ3v) is 2.39. The van der Waals surface area contributed by atoms with Crippen LogP contribution in [0.5, 0.6) is 0 Å². The van der Waals surface area contributed by atoms with Gasteiger partial charge in [0.15, 0.2) is 0 Å². The van der Waals surface area contributed by atoms with Crippen molar-refractivity contribution in [3.05, 3.63) is 12.2 Å². The maximum atomic E-state index is 12.9. The lowest BCUT2D eigenvalue weighted by Gasteiger charge is -2.39. The van der Waals surface area contributed by atoms with Gasteiger partial charge >= 0.3 is 41.8 Å². The molecule has 2 nitrogen and oxygen atoms in total. The summed E-state index contributed by atoms with van der Waals surface area (Å²) >= 11 is 0. The molecule has 0 atom stereocenters. The second-order valence-corrected chi connectivity index (χ2v) is 4.09. The van der Waals surface area contributed by atoms with Crippen LogP contribution in [0.15, 0.2) is 12.2 Å². The van der Waals surface area contributed by atoms with E-state index in [9.17, 15) is 61.9 Å². The number of hydrogen-bond donors (Lipinski definition) is 1. The van der Waals surface area contributed by atoms with Crippen molar-refractivity contribution >= 4 is 5.97 Å². The van der Waals surface area contributed by atoms with E-state index in [0.29, 0.717) is 0 Å². The van der Waals surface area contributed by atoms with Crippen LogP contribution in [0.3, 0.4) is 0 Å². The van der Waals surface area contributed by atoms with Crippen molar-refractivity contribution in [3.8, 4) is 0 Å². The first kappa shape index (κ1) is 22.3. The SMILES string of the molecule is O=C(O)C=CC(F)(F)C(F)(F)C(F)(F)C(F)(F)C(F)(F)C(F)(F)F. The Morgan fingerprint density at radius 1 is 0.625 bits per heavy atom. The van der Waals surface area contributed by atoms with E-state index in [2.05, 4.69) is 0 Å². The highest BCUT2D eigenvalue weighted by Gasteiger charge is 2.90. The van der Waals surface area contributed by atoms with E-state index in [0.717, 1.165) is 0 Å². The van der Waals surface area contributed by atoms with Crippen molar-refractivity contribution in [3.63, 3.8) is 0 Å². The first-order valence-corrected chi connectivity index (χ1v) is 5.05. The molecule has 0 amide bonds. The molecule has 142 valence electrons. The van der Waals surface area contributed by atoms with E-state index < -0.39 is 53.9 Å². The van der Waals surface area contributed by atoms with Crippen LogP contribution >= 0.6 is 0 Å². The molecule has 0 saturated heterocycles. The van der Waals surface area contributed by atoms with Gasteiger partial charge in [-0.3, -0.25) is 0 Å². The molecule has 0 aromatic carbocycles. The summed E-state index contributed by atoms with van der Waals surface area (Å²) in [5.74, 6) is -40.2. The summed E-state index contributed by atoms with van der Waals surface area (Å²) in [5.41, 5.74) is 0. The highest BCUT2D eigenvalue weighted by molar-refractivity contribution is 5.79. The van der Waals surface area contributed by atoms with Crippen LogP contribution in [-0.4, -0.2) is 46.9 Å². The summed E-state index contributed by atoms with van der Waals surface area (Å²) in [6, 6.07) is 0. The standard InChI is InChI=1S/C9H3F13O2/c10-4(11,2-1-3(23)24)5(12,13)6(14,15)7(16,17)8(18,19)9(20,21)22/h1-2H,(H,23,24). The number of carboxylic acid groups (broad SMARTS) is 1. The molecular weight excluding hydrogens is 387 g/mol. The number of carboxylic acids is 1. The molecule has 0 radical (unpaired) electrons. The molecule has 0 aromatic rings. The topological polar surface area (TPSA) is 37.3 Å².